The van der Waals surface area contributed by atoms with Crippen LogP contribution in [0.25, 0.3) is 0 Å². The highest BCUT2D eigenvalue weighted by atomic mass is 16.5. The van der Waals surface area contributed by atoms with E-state index in [0.29, 0.717) is 12.6 Å². The Hall–Kier alpha value is -1.46. The van der Waals surface area contributed by atoms with Gasteiger partial charge in [-0.3, -0.25) is 5.32 Å². The molecule has 0 radical (unpaired) electrons. The van der Waals surface area contributed by atoms with Gasteiger partial charge in [0.05, 0.1) is 13.7 Å². The smallest absolute Gasteiger partial charge is 0.118 e. The van der Waals surface area contributed by atoms with Gasteiger partial charge in [-0.2, -0.15) is 0 Å². The van der Waals surface area contributed by atoms with Crippen LogP contribution in [0, 0.1) is 12.3 Å². The summed E-state index contributed by atoms with van der Waals surface area (Å²) in [6.45, 7) is 2.74. The van der Waals surface area contributed by atoms with Crippen LogP contribution in [0.1, 0.15) is 24.9 Å². The molecule has 0 heterocycles. The molecule has 0 fully saturated rings. The Balaban J connectivity index is 2.70. The van der Waals surface area contributed by atoms with Crippen molar-refractivity contribution < 1.29 is 4.74 Å². The van der Waals surface area contributed by atoms with Crippen LogP contribution in [0.4, 0.5) is 0 Å². The lowest BCUT2D eigenvalue weighted by molar-refractivity contribution is 0.414. The number of methoxy groups -OCH3 is 1. The van der Waals surface area contributed by atoms with Crippen molar-refractivity contribution in [1.82, 2.24) is 5.32 Å². The lowest BCUT2D eigenvalue weighted by Gasteiger charge is -2.15. The molecule has 0 aromatic heterocycles. The van der Waals surface area contributed by atoms with Crippen LogP contribution >= 0.6 is 0 Å². The van der Waals surface area contributed by atoms with E-state index in [1.807, 2.05) is 12.1 Å². The summed E-state index contributed by atoms with van der Waals surface area (Å²) in [5.74, 6) is 3.47. The zero-order valence-corrected chi connectivity index (χ0v) is 9.29. The molecule has 2 heteroatoms. The van der Waals surface area contributed by atoms with E-state index in [-0.39, 0.29) is 0 Å². The molecule has 0 bridgehead atoms. The van der Waals surface area contributed by atoms with Crippen LogP contribution < -0.4 is 10.1 Å². The van der Waals surface area contributed by atoms with Gasteiger partial charge >= 0.3 is 0 Å². The van der Waals surface area contributed by atoms with Crippen LogP contribution in [0.15, 0.2) is 24.3 Å². The van der Waals surface area contributed by atoms with Crippen molar-refractivity contribution in [3.8, 4) is 18.1 Å². The average Bonchev–Trinajstić information content (AvgIpc) is 2.31. The third kappa shape index (κ3) is 3.30. The molecule has 1 N–H and O–H groups in total. The summed E-state index contributed by atoms with van der Waals surface area (Å²) in [5, 5.41) is 3.30. The summed E-state index contributed by atoms with van der Waals surface area (Å²) in [7, 11) is 1.67. The molecule has 1 unspecified atom stereocenters. The van der Waals surface area contributed by atoms with Crippen molar-refractivity contribution in [1.29, 1.82) is 0 Å². The zero-order chi connectivity index (χ0) is 11.1. The van der Waals surface area contributed by atoms with Gasteiger partial charge in [0.2, 0.25) is 0 Å². The van der Waals surface area contributed by atoms with E-state index in [1.54, 1.807) is 7.11 Å². The minimum absolute atomic E-state index is 0.326. The number of nitrogens with one attached hydrogen (secondary N) is 1. The molecule has 2 nitrogen and oxygen atoms in total. The minimum Gasteiger partial charge on any atom is -0.497 e. The van der Waals surface area contributed by atoms with Crippen LogP contribution in [-0.4, -0.2) is 13.7 Å². The summed E-state index contributed by atoms with van der Waals surface area (Å²) >= 11 is 0. The van der Waals surface area contributed by atoms with E-state index in [4.69, 9.17) is 11.2 Å². The maximum absolute atomic E-state index is 5.22. The third-order valence-electron chi connectivity index (χ3n) is 2.38. The van der Waals surface area contributed by atoms with Crippen LogP contribution in [0.3, 0.4) is 0 Å². The molecule has 0 saturated carbocycles. The fourth-order valence-corrected chi connectivity index (χ4v) is 1.52. The average molecular weight is 203 g/mol. The molecule has 0 aliphatic heterocycles. The van der Waals surface area contributed by atoms with Crippen LogP contribution in [-0.2, 0) is 0 Å². The molecule has 0 spiro atoms. The fraction of sp³-hybridized carbons (Fsp3) is 0.385. The lowest BCUT2D eigenvalue weighted by atomic mass is 10.0. The second kappa shape index (κ2) is 6.10. The maximum Gasteiger partial charge on any atom is 0.118 e. The highest BCUT2D eigenvalue weighted by molar-refractivity contribution is 5.29. The molecule has 15 heavy (non-hydrogen) atoms. The molecule has 0 saturated heterocycles. The Morgan fingerprint density at radius 3 is 2.53 bits per heavy atom. The Morgan fingerprint density at radius 1 is 1.40 bits per heavy atom. The molecule has 1 aromatic carbocycles. The van der Waals surface area contributed by atoms with Gasteiger partial charge in [0.15, 0.2) is 0 Å². The second-order valence-electron chi connectivity index (χ2n) is 3.32. The van der Waals surface area contributed by atoms with Crippen LogP contribution in [0.2, 0.25) is 0 Å². The largest absolute Gasteiger partial charge is 0.497 e. The van der Waals surface area contributed by atoms with E-state index in [2.05, 4.69) is 30.3 Å². The normalized spacial score (nSPS) is 11.8. The van der Waals surface area contributed by atoms with E-state index < -0.39 is 0 Å². The standard InChI is InChI=1S/C13H17NO/c1-4-10-14-13(5-2)11-6-8-12(15-3)9-7-11/h1,6-9,13-14H,5,10H2,2-3H3. The quantitative estimate of drug-likeness (QED) is 0.742. The Labute approximate surface area is 91.6 Å². The summed E-state index contributed by atoms with van der Waals surface area (Å²) < 4.78 is 5.11. The molecule has 0 aliphatic rings. The second-order valence-corrected chi connectivity index (χ2v) is 3.32. The van der Waals surface area contributed by atoms with Crippen molar-refractivity contribution >= 4 is 0 Å². The molecule has 1 rings (SSSR count). The van der Waals surface area contributed by atoms with E-state index in [9.17, 15) is 0 Å². The predicted molar refractivity (Wildman–Crippen MR) is 62.9 cm³/mol. The van der Waals surface area contributed by atoms with Gasteiger partial charge in [-0.1, -0.05) is 25.0 Å². The number of ether oxygens (including phenoxy) is 1. The van der Waals surface area contributed by atoms with Gasteiger partial charge in [0.25, 0.3) is 0 Å². The van der Waals surface area contributed by atoms with Crippen molar-refractivity contribution in [2.45, 2.75) is 19.4 Å². The molecule has 1 aromatic rings. The Kier molecular flexibility index (Phi) is 4.73. The Morgan fingerprint density at radius 2 is 2.07 bits per heavy atom. The van der Waals surface area contributed by atoms with Gasteiger partial charge in [0, 0.05) is 6.04 Å². The zero-order valence-electron chi connectivity index (χ0n) is 9.29. The highest BCUT2D eigenvalue weighted by Gasteiger charge is 2.07. The van der Waals surface area contributed by atoms with Gasteiger partial charge in [-0.05, 0) is 24.1 Å². The molecular formula is C13H17NO. The summed E-state index contributed by atoms with van der Waals surface area (Å²) in [5.41, 5.74) is 1.24. The highest BCUT2D eigenvalue weighted by Crippen LogP contribution is 2.19. The molecule has 1 atom stereocenters. The first-order valence-electron chi connectivity index (χ1n) is 5.12. The SMILES string of the molecule is C#CCNC(CC)c1ccc(OC)cc1. The summed E-state index contributed by atoms with van der Waals surface area (Å²) in [4.78, 5) is 0. The third-order valence-corrected chi connectivity index (χ3v) is 2.38. The molecule has 0 aliphatic carbocycles. The van der Waals surface area contributed by atoms with Gasteiger partial charge in [0.1, 0.15) is 5.75 Å². The number of hydrogen-bond donors (Lipinski definition) is 1. The van der Waals surface area contributed by atoms with Gasteiger partial charge < -0.3 is 4.74 Å². The topological polar surface area (TPSA) is 21.3 Å². The molecule has 80 valence electrons. The van der Waals surface area contributed by atoms with Crippen molar-refractivity contribution in [3.63, 3.8) is 0 Å². The minimum atomic E-state index is 0.326. The number of benzene rings is 1. The monoisotopic (exact) mass is 203 g/mol. The van der Waals surface area contributed by atoms with E-state index >= 15 is 0 Å². The van der Waals surface area contributed by atoms with Crippen molar-refractivity contribution in [3.05, 3.63) is 29.8 Å². The number of terminal acetylenes is 1. The first-order chi connectivity index (χ1) is 7.31. The summed E-state index contributed by atoms with van der Waals surface area (Å²) in [6.07, 6.45) is 6.24. The van der Waals surface area contributed by atoms with E-state index in [0.717, 1.165) is 12.2 Å². The van der Waals surface area contributed by atoms with Crippen molar-refractivity contribution in [2.75, 3.05) is 13.7 Å². The van der Waals surface area contributed by atoms with Crippen molar-refractivity contribution in [2.24, 2.45) is 0 Å². The first-order valence-corrected chi connectivity index (χ1v) is 5.12. The van der Waals surface area contributed by atoms with E-state index in [1.165, 1.54) is 5.56 Å². The number of hydrogen-bond acceptors (Lipinski definition) is 2. The first kappa shape index (κ1) is 11.6. The van der Waals surface area contributed by atoms with Gasteiger partial charge in [-0.15, -0.1) is 6.42 Å². The fourth-order valence-electron chi connectivity index (χ4n) is 1.52. The number of rotatable bonds is 5. The Bertz CT molecular complexity index is 323. The predicted octanol–water partition coefficient (Wildman–Crippen LogP) is 2.37. The molecular weight excluding hydrogens is 186 g/mol. The lowest BCUT2D eigenvalue weighted by Crippen LogP contribution is -2.20. The van der Waals surface area contributed by atoms with Gasteiger partial charge in [-0.25, -0.2) is 0 Å². The summed E-state index contributed by atoms with van der Waals surface area (Å²) in [6, 6.07) is 8.39. The van der Waals surface area contributed by atoms with Crippen LogP contribution in [0.5, 0.6) is 5.75 Å². The maximum atomic E-state index is 5.22. The molecule has 0 amide bonds.